The third kappa shape index (κ3) is 3.58. The Hall–Kier alpha value is -2.95. The van der Waals surface area contributed by atoms with Crippen LogP contribution in [-0.2, 0) is 6.18 Å². The lowest BCUT2D eigenvalue weighted by atomic mass is 10.1. The molecule has 0 saturated carbocycles. The Kier molecular flexibility index (Phi) is 4.36. The molecule has 0 amide bonds. The summed E-state index contributed by atoms with van der Waals surface area (Å²) in [5.74, 6) is 0. The summed E-state index contributed by atoms with van der Waals surface area (Å²) >= 11 is 0. The van der Waals surface area contributed by atoms with E-state index in [4.69, 9.17) is 5.26 Å². The number of nitriles is 1. The fourth-order valence-electron chi connectivity index (χ4n) is 1.77. The summed E-state index contributed by atoms with van der Waals surface area (Å²) in [6.07, 6.45) is -1.27. The second-order valence-corrected chi connectivity index (χ2v) is 4.34. The monoisotopic (exact) mass is 307 g/mol. The summed E-state index contributed by atoms with van der Waals surface area (Å²) in [6.45, 7) is 0. The summed E-state index contributed by atoms with van der Waals surface area (Å²) in [5.41, 5.74) is 0.506. The minimum absolute atomic E-state index is 0.185. The molecule has 0 spiro atoms. The lowest BCUT2D eigenvalue weighted by Crippen LogP contribution is -2.04. The number of halogens is 3. The van der Waals surface area contributed by atoms with Crippen molar-refractivity contribution in [3.8, 4) is 17.3 Å². The van der Waals surface area contributed by atoms with Crippen molar-refractivity contribution in [1.82, 2.24) is 15.5 Å². The number of aromatic nitrogens is 2. The molecule has 1 aromatic heterocycles. The second-order valence-electron chi connectivity index (χ2n) is 4.34. The van der Waals surface area contributed by atoms with Crippen molar-refractivity contribution in [3.63, 3.8) is 0 Å². The molecule has 3 N–H and O–H groups in total. The standard InChI is InChI=1S/C14H12F3N5/c1-19-2-3-20-11-5-9(8-18)4-10(6-11)12-7-13(22-21-12)14(15,16)17/h2-7,19-20H,1H3,(H,21,22)/b3-2-. The molecule has 0 saturated heterocycles. The van der Waals surface area contributed by atoms with Crippen LogP contribution in [0.25, 0.3) is 11.3 Å². The van der Waals surface area contributed by atoms with Crippen LogP contribution < -0.4 is 10.6 Å². The van der Waals surface area contributed by atoms with Gasteiger partial charge in [-0.1, -0.05) is 0 Å². The zero-order valence-corrected chi connectivity index (χ0v) is 11.5. The first-order valence-corrected chi connectivity index (χ1v) is 6.21. The molecule has 0 aliphatic carbocycles. The van der Waals surface area contributed by atoms with Crippen LogP contribution in [0.15, 0.2) is 36.7 Å². The molecule has 0 fully saturated rings. The predicted octanol–water partition coefficient (Wildman–Crippen LogP) is 3.07. The van der Waals surface area contributed by atoms with Gasteiger partial charge in [0, 0.05) is 30.7 Å². The van der Waals surface area contributed by atoms with E-state index in [-0.39, 0.29) is 5.69 Å². The predicted molar refractivity (Wildman–Crippen MR) is 75.6 cm³/mol. The van der Waals surface area contributed by atoms with Gasteiger partial charge in [-0.05, 0) is 24.3 Å². The molecule has 1 aromatic carbocycles. The lowest BCUT2D eigenvalue weighted by Gasteiger charge is -2.05. The van der Waals surface area contributed by atoms with Gasteiger partial charge in [0.1, 0.15) is 0 Å². The molecule has 0 radical (unpaired) electrons. The molecule has 0 aliphatic heterocycles. The topological polar surface area (TPSA) is 76.5 Å². The van der Waals surface area contributed by atoms with Gasteiger partial charge in [-0.2, -0.15) is 23.5 Å². The summed E-state index contributed by atoms with van der Waals surface area (Å²) in [7, 11) is 1.72. The van der Waals surface area contributed by atoms with Gasteiger partial charge in [0.2, 0.25) is 0 Å². The van der Waals surface area contributed by atoms with Crippen molar-refractivity contribution in [2.24, 2.45) is 0 Å². The van der Waals surface area contributed by atoms with Crippen LogP contribution in [0.2, 0.25) is 0 Å². The summed E-state index contributed by atoms with van der Waals surface area (Å²) < 4.78 is 37.8. The fraction of sp³-hybridized carbons (Fsp3) is 0.143. The highest BCUT2D eigenvalue weighted by Crippen LogP contribution is 2.31. The van der Waals surface area contributed by atoms with E-state index >= 15 is 0 Å². The largest absolute Gasteiger partial charge is 0.435 e. The van der Waals surface area contributed by atoms with Crippen molar-refractivity contribution in [2.75, 3.05) is 12.4 Å². The van der Waals surface area contributed by atoms with Crippen LogP contribution >= 0.6 is 0 Å². The maximum Gasteiger partial charge on any atom is 0.435 e. The molecule has 0 aliphatic rings. The van der Waals surface area contributed by atoms with Gasteiger partial charge in [-0.15, -0.1) is 0 Å². The molecule has 5 nitrogen and oxygen atoms in total. The average Bonchev–Trinajstić information content (AvgIpc) is 2.97. The number of aromatic amines is 1. The number of nitrogens with one attached hydrogen (secondary N) is 3. The first-order valence-electron chi connectivity index (χ1n) is 6.21. The number of hydrogen-bond donors (Lipinski definition) is 3. The molecule has 8 heteroatoms. The molecule has 2 aromatic rings. The average molecular weight is 307 g/mol. The van der Waals surface area contributed by atoms with Crippen LogP contribution in [-0.4, -0.2) is 17.2 Å². The van der Waals surface area contributed by atoms with Crippen LogP contribution in [0.1, 0.15) is 11.3 Å². The van der Waals surface area contributed by atoms with Gasteiger partial charge in [-0.25, -0.2) is 0 Å². The second kappa shape index (κ2) is 6.22. The zero-order chi connectivity index (χ0) is 16.2. The smallest absolute Gasteiger partial charge is 0.393 e. The molecule has 0 unspecified atom stereocenters. The SMILES string of the molecule is CN/C=C\Nc1cc(C#N)cc(-c2cc(C(F)(F)F)n[nH]2)c1. The van der Waals surface area contributed by atoms with Gasteiger partial charge in [0.25, 0.3) is 0 Å². The quantitative estimate of drug-likeness (QED) is 0.811. The number of alkyl halides is 3. The number of nitrogens with zero attached hydrogens (tertiary/aromatic N) is 2. The minimum atomic E-state index is -4.52. The van der Waals surface area contributed by atoms with Gasteiger partial charge < -0.3 is 10.6 Å². The van der Waals surface area contributed by atoms with Crippen molar-refractivity contribution in [1.29, 1.82) is 5.26 Å². The maximum atomic E-state index is 12.6. The summed E-state index contributed by atoms with van der Waals surface area (Å²) in [4.78, 5) is 0. The van der Waals surface area contributed by atoms with Crippen molar-refractivity contribution in [2.45, 2.75) is 6.18 Å². The van der Waals surface area contributed by atoms with E-state index in [1.165, 1.54) is 6.07 Å². The van der Waals surface area contributed by atoms with E-state index in [0.717, 1.165) is 6.07 Å². The van der Waals surface area contributed by atoms with Gasteiger partial charge in [0.05, 0.1) is 17.3 Å². The zero-order valence-electron chi connectivity index (χ0n) is 11.5. The highest BCUT2D eigenvalue weighted by atomic mass is 19.4. The molecule has 1 heterocycles. The molecule has 0 bridgehead atoms. The highest BCUT2D eigenvalue weighted by Gasteiger charge is 2.33. The van der Waals surface area contributed by atoms with Crippen LogP contribution in [0, 0.1) is 11.3 Å². The summed E-state index contributed by atoms with van der Waals surface area (Å²) in [6, 6.07) is 7.57. The minimum Gasteiger partial charge on any atom is -0.393 e. The molecular weight excluding hydrogens is 295 g/mol. The first kappa shape index (κ1) is 15.4. The Bertz CT molecular complexity index is 725. The molecule has 22 heavy (non-hydrogen) atoms. The number of benzene rings is 1. The van der Waals surface area contributed by atoms with Gasteiger partial charge >= 0.3 is 6.18 Å². The van der Waals surface area contributed by atoms with Gasteiger partial charge in [-0.3, -0.25) is 5.10 Å². The van der Waals surface area contributed by atoms with E-state index < -0.39 is 11.9 Å². The van der Waals surface area contributed by atoms with E-state index in [9.17, 15) is 13.2 Å². The van der Waals surface area contributed by atoms with Gasteiger partial charge in [0.15, 0.2) is 5.69 Å². The van der Waals surface area contributed by atoms with E-state index in [1.54, 1.807) is 31.6 Å². The Balaban J connectivity index is 2.38. The Labute approximate surface area is 124 Å². The highest BCUT2D eigenvalue weighted by molar-refractivity contribution is 5.68. The maximum absolute atomic E-state index is 12.6. The number of hydrogen-bond acceptors (Lipinski definition) is 4. The third-order valence-corrected chi connectivity index (χ3v) is 2.74. The molecular formula is C14H12F3N5. The van der Waals surface area contributed by atoms with Crippen LogP contribution in [0.4, 0.5) is 18.9 Å². The first-order chi connectivity index (χ1) is 10.4. The molecule has 0 atom stereocenters. The molecule has 114 valence electrons. The van der Waals surface area contributed by atoms with Crippen molar-refractivity contribution < 1.29 is 13.2 Å². The number of rotatable bonds is 4. The summed E-state index contributed by atoms with van der Waals surface area (Å²) in [5, 5.41) is 20.3. The van der Waals surface area contributed by atoms with E-state index in [0.29, 0.717) is 16.8 Å². The number of H-pyrrole nitrogens is 1. The lowest BCUT2D eigenvalue weighted by molar-refractivity contribution is -0.141. The van der Waals surface area contributed by atoms with E-state index in [1.807, 2.05) is 6.07 Å². The van der Waals surface area contributed by atoms with Crippen LogP contribution in [0.3, 0.4) is 0 Å². The van der Waals surface area contributed by atoms with Crippen molar-refractivity contribution >= 4 is 5.69 Å². The third-order valence-electron chi connectivity index (χ3n) is 2.74. The Morgan fingerprint density at radius 2 is 2.00 bits per heavy atom. The Morgan fingerprint density at radius 3 is 2.59 bits per heavy atom. The van der Waals surface area contributed by atoms with E-state index in [2.05, 4.69) is 20.8 Å². The van der Waals surface area contributed by atoms with Crippen LogP contribution in [0.5, 0.6) is 0 Å². The fourth-order valence-corrected chi connectivity index (χ4v) is 1.77. The normalized spacial score (nSPS) is 11.4. The molecule has 2 rings (SSSR count). The Morgan fingerprint density at radius 1 is 1.23 bits per heavy atom. The van der Waals surface area contributed by atoms with Crippen molar-refractivity contribution in [3.05, 3.63) is 47.9 Å². The number of anilines is 1.